The zero-order valence-electron chi connectivity index (χ0n) is 51.8. The Labute approximate surface area is 526 Å². The summed E-state index contributed by atoms with van der Waals surface area (Å²) in [6.45, 7) is 5.94. The van der Waals surface area contributed by atoms with Gasteiger partial charge >= 0.3 is 17.9 Å². The number of rotatable bonds is 30. The molecule has 0 amide bonds. The van der Waals surface area contributed by atoms with E-state index in [1.807, 2.05) is 64.1 Å². The van der Waals surface area contributed by atoms with Gasteiger partial charge in [0.15, 0.2) is 6.29 Å². The van der Waals surface area contributed by atoms with Crippen LogP contribution in [0.3, 0.4) is 0 Å². The van der Waals surface area contributed by atoms with Crippen LogP contribution < -0.4 is 0 Å². The van der Waals surface area contributed by atoms with E-state index in [0.717, 1.165) is 39.0 Å². The molecule has 0 spiro atoms. The lowest BCUT2D eigenvalue weighted by Crippen LogP contribution is -2.44. The Balaban J connectivity index is 1.10. The Bertz CT molecular complexity index is 3400. The molecule has 478 valence electrons. The van der Waals surface area contributed by atoms with Gasteiger partial charge in [0, 0.05) is 54.8 Å². The minimum Gasteiger partial charge on any atom is -0.512 e. The number of hydrogen-bond acceptors (Lipinski definition) is 17. The third kappa shape index (κ3) is 17.0. The monoisotopic (exact) mass is 1230 g/mol. The molecule has 4 aromatic carbocycles. The van der Waals surface area contributed by atoms with E-state index in [1.165, 1.54) is 0 Å². The first-order valence-electron chi connectivity index (χ1n) is 30.9. The van der Waals surface area contributed by atoms with Crippen LogP contribution in [0.25, 0.3) is 0 Å². The number of aromatic hydroxyl groups is 4. The molecule has 17 nitrogen and oxygen atoms in total. The number of ether oxygens (including phenoxy) is 4. The van der Waals surface area contributed by atoms with Crippen LogP contribution in [0, 0.1) is 21.7 Å². The minimum atomic E-state index is -1.66. The second kappa shape index (κ2) is 29.8. The van der Waals surface area contributed by atoms with Gasteiger partial charge in [-0.25, -0.2) is 0 Å². The zero-order valence-corrected chi connectivity index (χ0v) is 51.8. The summed E-state index contributed by atoms with van der Waals surface area (Å²) in [5, 5.41) is 87.0. The van der Waals surface area contributed by atoms with Crippen LogP contribution in [0.5, 0.6) is 23.0 Å². The number of esters is 3. The fourth-order valence-corrected chi connectivity index (χ4v) is 12.8. The number of hydrogen-bond donors (Lipinski definition) is 8. The highest BCUT2D eigenvalue weighted by molar-refractivity contribution is 5.71. The van der Waals surface area contributed by atoms with Crippen LogP contribution in [0.15, 0.2) is 197 Å². The van der Waals surface area contributed by atoms with Crippen molar-refractivity contribution in [1.29, 1.82) is 0 Å². The number of phenolic OH excluding ortho intramolecular Hbond substituents is 4. The fourth-order valence-electron chi connectivity index (χ4n) is 12.8. The summed E-state index contributed by atoms with van der Waals surface area (Å²) in [7, 11) is 0. The molecule has 0 radical (unpaired) electrons. The van der Waals surface area contributed by atoms with Gasteiger partial charge in [-0.15, -0.1) is 4.91 Å². The molecule has 8 rings (SSSR count). The molecule has 0 heterocycles. The molecule has 4 aliphatic rings. The topological polar surface area (TPSA) is 279 Å². The maximum atomic E-state index is 14.5. The van der Waals surface area contributed by atoms with Gasteiger partial charge in [0.05, 0.1) is 29.3 Å². The Morgan fingerprint density at radius 2 is 0.844 bits per heavy atom. The van der Waals surface area contributed by atoms with Gasteiger partial charge in [-0.1, -0.05) is 123 Å². The number of carbonyl (C=O) groups excluding carboxylic acids is 3. The van der Waals surface area contributed by atoms with E-state index in [2.05, 4.69) is 5.18 Å². The number of nitrogens with zero attached hydrogens (tertiary/aromatic N) is 1. The second-order valence-corrected chi connectivity index (χ2v) is 25.4. The van der Waals surface area contributed by atoms with Crippen LogP contribution in [0.4, 0.5) is 0 Å². The smallest absolute Gasteiger partial charge is 0.305 e. The van der Waals surface area contributed by atoms with Crippen LogP contribution in [0.2, 0.25) is 0 Å². The molecule has 0 bridgehead atoms. The number of carbonyl (C=O) groups is 3. The molecule has 6 atom stereocenters. The lowest BCUT2D eigenvalue weighted by atomic mass is 9.64. The highest BCUT2D eigenvalue weighted by atomic mass is 16.6. The van der Waals surface area contributed by atoms with Crippen molar-refractivity contribution in [3.8, 4) is 23.0 Å². The molecule has 4 aromatic rings. The lowest BCUT2D eigenvalue weighted by Gasteiger charge is -2.40. The molecule has 0 saturated carbocycles. The van der Waals surface area contributed by atoms with Gasteiger partial charge in [-0.3, -0.25) is 14.4 Å². The van der Waals surface area contributed by atoms with Crippen molar-refractivity contribution in [3.05, 3.63) is 219 Å². The van der Waals surface area contributed by atoms with Gasteiger partial charge in [-0.2, -0.15) is 0 Å². The predicted octanol–water partition coefficient (Wildman–Crippen LogP) is 14.5. The van der Waals surface area contributed by atoms with E-state index in [4.69, 9.17) is 18.9 Å². The first-order chi connectivity index (χ1) is 42.9. The predicted molar refractivity (Wildman–Crippen MR) is 341 cm³/mol. The molecule has 0 fully saturated rings. The van der Waals surface area contributed by atoms with Crippen molar-refractivity contribution in [2.75, 3.05) is 26.4 Å². The van der Waals surface area contributed by atoms with Crippen LogP contribution in [-0.2, 0) is 49.6 Å². The highest BCUT2D eigenvalue weighted by Crippen LogP contribution is 2.48. The average Bonchev–Trinajstić information content (AvgIpc) is 1.05. The Morgan fingerprint density at radius 3 is 1.21 bits per heavy atom. The van der Waals surface area contributed by atoms with Crippen molar-refractivity contribution < 1.29 is 74.2 Å². The molecular formula is C73H85NO16. The fraction of sp³-hybridized carbons (Fsp3) is 0.411. The van der Waals surface area contributed by atoms with Crippen LogP contribution in [-0.4, -0.2) is 91.5 Å². The third-order valence-electron chi connectivity index (χ3n) is 19.2. The SMILES string of the molecule is CC(CCC(=O)OCC(COC(=O)CCC(C)(c1ccc(O)cc1)c1ccc(O)cc1)(COC(=O)CCC(C)(C1=CC=C(O)CC1)C1C=CC(N=O)=CC1)COC(O)CCC(C)(C1=CC=C(O)CC1)c1ccc(O)cc1)(C1=CC=C(O)CC1)c1ccc(O)cc1. The molecular weight excluding hydrogens is 1150 g/mol. The summed E-state index contributed by atoms with van der Waals surface area (Å²) in [5.74, 6) is -1.17. The molecule has 6 unspecified atom stereocenters. The highest BCUT2D eigenvalue weighted by Gasteiger charge is 2.42. The van der Waals surface area contributed by atoms with E-state index in [1.54, 1.807) is 115 Å². The summed E-state index contributed by atoms with van der Waals surface area (Å²) in [4.78, 5) is 54.8. The number of phenols is 4. The zero-order chi connectivity index (χ0) is 64.7. The quantitative estimate of drug-likeness (QED) is 0.0104. The van der Waals surface area contributed by atoms with Crippen molar-refractivity contribution >= 4 is 17.9 Å². The van der Waals surface area contributed by atoms with E-state index < -0.39 is 77.7 Å². The summed E-state index contributed by atoms with van der Waals surface area (Å²) < 4.78 is 25.0. The molecule has 0 aliphatic heterocycles. The Morgan fingerprint density at radius 1 is 0.478 bits per heavy atom. The van der Waals surface area contributed by atoms with Gasteiger partial charge in [0.1, 0.15) is 48.5 Å². The van der Waals surface area contributed by atoms with Crippen molar-refractivity contribution in [2.24, 2.45) is 21.9 Å². The molecule has 90 heavy (non-hydrogen) atoms. The number of nitroso groups, excluding NO2 is 1. The standard InChI is InChI=1S/C73H85NO16/c1-69(50-7-23-58(75)24-8-50,49-5-21-57(74-86)22-6-49)41-37-65(82)87-45-73(46-88-66(83)38-42-70(2,51-9-25-59(76)26-10-51)52-11-27-60(77)28-12-52,47-89-67(84)39-43-71(3,53-13-29-61(78)30-14-53)54-15-31-62(79)32-16-54)48-90-68(85)40-44-72(4,55-17-33-63(80)34-18-55)56-19-35-64(81)36-20-56/h5,7,9-15,17-19,21-23,25-31,33-35,49,67,75-81,84H,6,8,16,20,24,32,36-48H2,1-4H3. The van der Waals surface area contributed by atoms with E-state index >= 15 is 0 Å². The number of benzene rings is 4. The third-order valence-corrected chi connectivity index (χ3v) is 19.2. The van der Waals surface area contributed by atoms with E-state index in [9.17, 15) is 60.1 Å². The maximum Gasteiger partial charge on any atom is 0.305 e. The minimum absolute atomic E-state index is 0.0439. The van der Waals surface area contributed by atoms with Gasteiger partial charge < -0.3 is 59.8 Å². The van der Waals surface area contributed by atoms with Crippen molar-refractivity contribution in [3.63, 3.8) is 0 Å². The van der Waals surface area contributed by atoms with Gasteiger partial charge in [0.25, 0.3) is 0 Å². The van der Waals surface area contributed by atoms with Gasteiger partial charge in [0.2, 0.25) is 0 Å². The normalized spacial score (nSPS) is 19.0. The molecule has 0 aromatic heterocycles. The Kier molecular flexibility index (Phi) is 22.2. The van der Waals surface area contributed by atoms with Gasteiger partial charge in [-0.05, 0) is 169 Å². The lowest BCUT2D eigenvalue weighted by molar-refractivity contribution is -0.182. The van der Waals surface area contributed by atoms with Crippen molar-refractivity contribution in [2.45, 2.75) is 147 Å². The van der Waals surface area contributed by atoms with Crippen LogP contribution >= 0.6 is 0 Å². The number of aliphatic hydroxyl groups is 4. The summed E-state index contributed by atoms with van der Waals surface area (Å²) in [6, 6.07) is 26.7. The summed E-state index contributed by atoms with van der Waals surface area (Å²) >= 11 is 0. The maximum absolute atomic E-state index is 14.5. The Hall–Kier alpha value is -8.67. The van der Waals surface area contributed by atoms with Crippen molar-refractivity contribution in [1.82, 2.24) is 0 Å². The molecule has 0 saturated heterocycles. The number of allylic oxidation sites excluding steroid dienone is 15. The second-order valence-electron chi connectivity index (χ2n) is 25.4. The van der Waals surface area contributed by atoms with E-state index in [0.29, 0.717) is 57.1 Å². The first-order valence-corrected chi connectivity index (χ1v) is 30.9. The summed E-state index contributed by atoms with van der Waals surface area (Å²) in [5.41, 5.74) is 1.79. The van der Waals surface area contributed by atoms with E-state index in [-0.39, 0.29) is 91.1 Å². The number of aliphatic hydroxyl groups excluding tert-OH is 4. The average molecular weight is 1230 g/mol. The first kappa shape index (κ1) is 67.3. The molecule has 8 N–H and O–H groups in total. The molecule has 4 aliphatic carbocycles. The molecule has 17 heteroatoms. The van der Waals surface area contributed by atoms with Crippen LogP contribution in [0.1, 0.15) is 146 Å². The summed E-state index contributed by atoms with van der Waals surface area (Å²) in [6.07, 6.45) is 18.3. The largest absolute Gasteiger partial charge is 0.512 e.